The first-order valence-electron chi connectivity index (χ1n) is 9.20. The Morgan fingerprint density at radius 2 is 1.86 bits per heavy atom. The van der Waals surface area contributed by atoms with Gasteiger partial charge in [0, 0.05) is 21.6 Å². The van der Waals surface area contributed by atoms with Gasteiger partial charge in [0.25, 0.3) is 5.54 Å². The van der Waals surface area contributed by atoms with Crippen LogP contribution in [0.1, 0.15) is 29.9 Å². The molecule has 0 aromatic heterocycles. The molecule has 0 N–H and O–H groups in total. The fraction of sp³-hybridized carbons (Fsp3) is 0.318. The standard InChI is InChI=1S/C22H21NO5/c1-14-11-15(12-24)21(16-7-3-5-9-18(16)27-2)22(23(25)26)13-28-19-10-6-4-8-17(19)20(14)22/h3-12,14,20-21H,13H2,1-2H3/t14-,20-,21-,22+/m1/s1. The first-order chi connectivity index (χ1) is 13.5. The van der Waals surface area contributed by atoms with E-state index in [9.17, 15) is 14.9 Å². The average Bonchev–Trinajstić information content (AvgIpc) is 2.72. The number of para-hydroxylation sites is 2. The number of methoxy groups -OCH3 is 1. The number of carbonyl (C=O) groups is 1. The van der Waals surface area contributed by atoms with Crippen molar-refractivity contribution in [2.75, 3.05) is 13.7 Å². The van der Waals surface area contributed by atoms with Gasteiger partial charge in [0.1, 0.15) is 17.8 Å². The highest BCUT2D eigenvalue weighted by Gasteiger charge is 2.65. The number of hydrogen-bond donors (Lipinski definition) is 0. The molecule has 2 aromatic rings. The number of nitrogens with zero attached hydrogens (tertiary/aromatic N) is 1. The molecule has 0 saturated carbocycles. The zero-order valence-electron chi connectivity index (χ0n) is 15.7. The molecule has 0 fully saturated rings. The number of nitro groups is 1. The fourth-order valence-electron chi connectivity index (χ4n) is 4.94. The van der Waals surface area contributed by atoms with Crippen molar-refractivity contribution in [1.29, 1.82) is 0 Å². The molecule has 0 spiro atoms. The Balaban J connectivity index is 2.03. The molecule has 2 aromatic carbocycles. The van der Waals surface area contributed by atoms with Gasteiger partial charge in [0.2, 0.25) is 0 Å². The van der Waals surface area contributed by atoms with Crippen LogP contribution in [0, 0.1) is 16.0 Å². The number of aldehydes is 1. The van der Waals surface area contributed by atoms with Gasteiger partial charge >= 0.3 is 0 Å². The Bertz CT molecular complexity index is 969. The molecule has 1 aliphatic carbocycles. The SMILES string of the molecule is COc1ccccc1[C@H]1C(C=O)=C[C@@H](C)[C@@H]2c3ccccc3OC[C@@]12[N+](=O)[O-]. The lowest BCUT2D eigenvalue weighted by Gasteiger charge is -2.47. The van der Waals surface area contributed by atoms with E-state index in [1.165, 1.54) is 7.11 Å². The number of ether oxygens (including phenoxy) is 2. The zero-order chi connectivity index (χ0) is 19.9. The Morgan fingerprint density at radius 1 is 1.18 bits per heavy atom. The highest BCUT2D eigenvalue weighted by molar-refractivity contribution is 5.78. The first kappa shape index (κ1) is 18.2. The van der Waals surface area contributed by atoms with Crippen molar-refractivity contribution in [3.63, 3.8) is 0 Å². The molecule has 4 rings (SSSR count). The predicted octanol–water partition coefficient (Wildman–Crippen LogP) is 3.75. The van der Waals surface area contributed by atoms with Gasteiger partial charge in [0.05, 0.1) is 18.9 Å². The Labute approximate surface area is 162 Å². The molecule has 0 bridgehead atoms. The highest BCUT2D eigenvalue weighted by Crippen LogP contribution is 2.57. The Morgan fingerprint density at radius 3 is 2.54 bits per heavy atom. The topological polar surface area (TPSA) is 78.7 Å². The van der Waals surface area contributed by atoms with Gasteiger partial charge in [-0.3, -0.25) is 14.9 Å². The van der Waals surface area contributed by atoms with Gasteiger partial charge in [-0.15, -0.1) is 0 Å². The molecule has 6 heteroatoms. The van der Waals surface area contributed by atoms with Crippen LogP contribution in [-0.4, -0.2) is 30.5 Å². The molecule has 28 heavy (non-hydrogen) atoms. The maximum absolute atomic E-state index is 12.7. The van der Waals surface area contributed by atoms with Crippen LogP contribution in [0.15, 0.2) is 60.2 Å². The fourth-order valence-corrected chi connectivity index (χ4v) is 4.94. The quantitative estimate of drug-likeness (QED) is 0.459. The third-order valence-corrected chi connectivity index (χ3v) is 5.99. The number of allylic oxidation sites excluding steroid dienone is 1. The van der Waals surface area contributed by atoms with Crippen LogP contribution in [-0.2, 0) is 4.79 Å². The molecule has 0 saturated heterocycles. The molecule has 0 radical (unpaired) electrons. The lowest BCUT2D eigenvalue weighted by atomic mass is 9.58. The number of rotatable bonds is 4. The normalized spacial score (nSPS) is 28.2. The molecular weight excluding hydrogens is 358 g/mol. The lowest BCUT2D eigenvalue weighted by molar-refractivity contribution is -0.584. The summed E-state index contributed by atoms with van der Waals surface area (Å²) in [6.45, 7) is 1.81. The van der Waals surface area contributed by atoms with E-state index >= 15 is 0 Å². The van der Waals surface area contributed by atoms with Gasteiger partial charge < -0.3 is 9.47 Å². The minimum atomic E-state index is -1.51. The van der Waals surface area contributed by atoms with E-state index in [1.807, 2.05) is 37.3 Å². The van der Waals surface area contributed by atoms with Crippen molar-refractivity contribution in [3.8, 4) is 11.5 Å². The molecule has 4 atom stereocenters. The van der Waals surface area contributed by atoms with Crippen LogP contribution >= 0.6 is 0 Å². The number of hydrogen-bond acceptors (Lipinski definition) is 5. The van der Waals surface area contributed by atoms with Gasteiger partial charge in [0.15, 0.2) is 6.61 Å². The van der Waals surface area contributed by atoms with Crippen molar-refractivity contribution in [2.24, 2.45) is 5.92 Å². The van der Waals surface area contributed by atoms with Gasteiger partial charge in [-0.1, -0.05) is 49.4 Å². The second-order valence-corrected chi connectivity index (χ2v) is 7.37. The summed E-state index contributed by atoms with van der Waals surface area (Å²) in [4.78, 5) is 24.4. The summed E-state index contributed by atoms with van der Waals surface area (Å²) in [5.41, 5.74) is 0.319. The van der Waals surface area contributed by atoms with E-state index in [4.69, 9.17) is 9.47 Å². The molecule has 0 unspecified atom stereocenters. The highest BCUT2D eigenvalue weighted by atomic mass is 16.6. The van der Waals surface area contributed by atoms with E-state index < -0.39 is 17.4 Å². The van der Waals surface area contributed by atoms with Crippen LogP contribution in [0.4, 0.5) is 0 Å². The summed E-state index contributed by atoms with van der Waals surface area (Å²) < 4.78 is 11.4. The van der Waals surface area contributed by atoms with Crippen LogP contribution < -0.4 is 9.47 Å². The summed E-state index contributed by atoms with van der Waals surface area (Å²) in [6.07, 6.45) is 2.59. The van der Waals surface area contributed by atoms with Crippen LogP contribution in [0.25, 0.3) is 0 Å². The Kier molecular flexibility index (Phi) is 4.41. The molecule has 6 nitrogen and oxygen atoms in total. The number of fused-ring (bicyclic) bond motifs is 3. The first-order valence-corrected chi connectivity index (χ1v) is 9.20. The van der Waals surface area contributed by atoms with E-state index in [-0.39, 0.29) is 17.4 Å². The second-order valence-electron chi connectivity index (χ2n) is 7.37. The summed E-state index contributed by atoms with van der Waals surface area (Å²) in [5, 5.41) is 12.7. The summed E-state index contributed by atoms with van der Waals surface area (Å²) in [6, 6.07) is 14.6. The smallest absolute Gasteiger partial charge is 0.273 e. The predicted molar refractivity (Wildman–Crippen MR) is 103 cm³/mol. The van der Waals surface area contributed by atoms with E-state index in [2.05, 4.69) is 0 Å². The van der Waals surface area contributed by atoms with Crippen LogP contribution in [0.5, 0.6) is 11.5 Å². The molecule has 144 valence electrons. The largest absolute Gasteiger partial charge is 0.496 e. The summed E-state index contributed by atoms with van der Waals surface area (Å²) >= 11 is 0. The minimum Gasteiger partial charge on any atom is -0.496 e. The molecule has 0 amide bonds. The molecule has 1 heterocycles. The second kappa shape index (κ2) is 6.78. The number of benzene rings is 2. The van der Waals surface area contributed by atoms with Crippen molar-refractivity contribution >= 4 is 6.29 Å². The van der Waals surface area contributed by atoms with Gasteiger partial charge in [-0.25, -0.2) is 0 Å². The van der Waals surface area contributed by atoms with Gasteiger partial charge in [-0.2, -0.15) is 0 Å². The average molecular weight is 379 g/mol. The van der Waals surface area contributed by atoms with Crippen molar-refractivity contribution < 1.29 is 19.2 Å². The van der Waals surface area contributed by atoms with Crippen LogP contribution in [0.2, 0.25) is 0 Å². The minimum absolute atomic E-state index is 0.111. The third-order valence-electron chi connectivity index (χ3n) is 5.99. The lowest BCUT2D eigenvalue weighted by Crippen LogP contribution is -2.59. The zero-order valence-corrected chi connectivity index (χ0v) is 15.7. The summed E-state index contributed by atoms with van der Waals surface area (Å²) in [7, 11) is 1.53. The molecular formula is C22H21NO5. The molecule has 1 aliphatic heterocycles. The Hall–Kier alpha value is -3.15. The van der Waals surface area contributed by atoms with Crippen molar-refractivity contribution in [3.05, 3.63) is 81.4 Å². The maximum atomic E-state index is 12.7. The van der Waals surface area contributed by atoms with Gasteiger partial charge in [-0.05, 0) is 18.1 Å². The molecule has 2 aliphatic rings. The van der Waals surface area contributed by atoms with Crippen molar-refractivity contribution in [2.45, 2.75) is 24.3 Å². The van der Waals surface area contributed by atoms with E-state index in [0.717, 1.165) is 11.8 Å². The van der Waals surface area contributed by atoms with E-state index in [0.29, 0.717) is 22.6 Å². The monoisotopic (exact) mass is 379 g/mol. The summed E-state index contributed by atoms with van der Waals surface area (Å²) in [5.74, 6) is -0.203. The third kappa shape index (κ3) is 2.44. The van der Waals surface area contributed by atoms with Crippen molar-refractivity contribution in [1.82, 2.24) is 0 Å². The van der Waals surface area contributed by atoms with Crippen LogP contribution in [0.3, 0.4) is 0 Å². The number of carbonyl (C=O) groups excluding carboxylic acids is 1. The maximum Gasteiger partial charge on any atom is 0.273 e. The van der Waals surface area contributed by atoms with E-state index in [1.54, 1.807) is 24.3 Å².